The molecule has 0 radical (unpaired) electrons. The van der Waals surface area contributed by atoms with Crippen LogP contribution in [0.4, 0.5) is 17.1 Å². The van der Waals surface area contributed by atoms with Crippen molar-refractivity contribution in [2.45, 2.75) is 38.5 Å². The molecule has 0 fully saturated rings. The third-order valence-corrected chi connectivity index (χ3v) is 12.5. The van der Waals surface area contributed by atoms with Gasteiger partial charge in [0.25, 0.3) is 0 Å². The molecular weight excluding hydrogens is 655 g/mol. The smallest absolute Gasteiger partial charge is 0.143 e. The topological polar surface area (TPSA) is 16.4 Å². The highest BCUT2D eigenvalue weighted by atomic mass is 16.3. The highest BCUT2D eigenvalue weighted by Gasteiger charge is 2.40. The average molecular weight is 694 g/mol. The fraction of sp³-hybridized carbons (Fsp3) is 0.115. The van der Waals surface area contributed by atoms with Crippen molar-refractivity contribution >= 4 is 49.8 Å². The largest absolute Gasteiger partial charge is 0.455 e. The lowest BCUT2D eigenvalue weighted by Crippen LogP contribution is -2.17. The molecule has 2 nitrogen and oxygen atoms in total. The molecule has 0 amide bonds. The minimum absolute atomic E-state index is 0.114. The molecule has 0 aliphatic heterocycles. The Labute approximate surface area is 315 Å². The van der Waals surface area contributed by atoms with Crippen LogP contribution in [-0.4, -0.2) is 0 Å². The van der Waals surface area contributed by atoms with Gasteiger partial charge in [-0.25, -0.2) is 0 Å². The van der Waals surface area contributed by atoms with Gasteiger partial charge in [-0.3, -0.25) is 0 Å². The molecule has 0 bridgehead atoms. The second kappa shape index (κ2) is 11.1. The van der Waals surface area contributed by atoms with E-state index in [9.17, 15) is 0 Å². The Morgan fingerprint density at radius 3 is 1.57 bits per heavy atom. The predicted octanol–water partition coefficient (Wildman–Crippen LogP) is 14.5. The van der Waals surface area contributed by atoms with Crippen molar-refractivity contribution in [2.75, 3.05) is 4.90 Å². The van der Waals surface area contributed by atoms with E-state index in [4.69, 9.17) is 4.42 Å². The molecule has 258 valence electrons. The summed E-state index contributed by atoms with van der Waals surface area (Å²) in [7, 11) is 0. The van der Waals surface area contributed by atoms with Crippen LogP contribution in [0.2, 0.25) is 0 Å². The van der Waals surface area contributed by atoms with E-state index in [-0.39, 0.29) is 10.8 Å². The van der Waals surface area contributed by atoms with Crippen molar-refractivity contribution in [1.29, 1.82) is 0 Å². The monoisotopic (exact) mass is 693 g/mol. The fourth-order valence-electron chi connectivity index (χ4n) is 9.84. The van der Waals surface area contributed by atoms with E-state index >= 15 is 0 Å². The normalized spacial score (nSPS) is 14.6. The second-order valence-corrected chi connectivity index (χ2v) is 16.1. The maximum atomic E-state index is 6.66. The minimum Gasteiger partial charge on any atom is -0.455 e. The molecule has 0 spiro atoms. The Kier molecular flexibility index (Phi) is 6.39. The molecule has 0 saturated carbocycles. The molecule has 0 atom stereocenters. The zero-order valence-electron chi connectivity index (χ0n) is 30.9. The Morgan fingerprint density at radius 1 is 0.426 bits per heavy atom. The van der Waals surface area contributed by atoms with Crippen molar-refractivity contribution in [3.05, 3.63) is 186 Å². The van der Waals surface area contributed by atoms with Crippen LogP contribution in [-0.2, 0) is 10.8 Å². The molecular formula is C52H39NO. The molecule has 2 heteroatoms. The summed E-state index contributed by atoms with van der Waals surface area (Å²) >= 11 is 0. The standard InChI is InChI=1S/C52H39NO/c1-51(2)40-20-10-7-18-37(40)48-42(51)22-13-24-44(48)53(45-25-14-23-43-49(45)38-19-8-11-21-41(38)52(43,3)4)34-29-27-32(28-30-34)47-35-16-6-5-15-33(35)31-39-36-17-9-12-26-46(36)54-50(39)47/h5-31H,1-4H3. The number of nitrogens with zero attached hydrogens (tertiary/aromatic N) is 1. The lowest BCUT2D eigenvalue weighted by molar-refractivity contribution is 0.660. The molecule has 0 saturated heterocycles. The molecule has 0 N–H and O–H groups in total. The first-order valence-electron chi connectivity index (χ1n) is 19.0. The molecule has 1 heterocycles. The minimum atomic E-state index is -0.114. The molecule has 8 aromatic carbocycles. The van der Waals surface area contributed by atoms with Crippen LogP contribution in [0.3, 0.4) is 0 Å². The van der Waals surface area contributed by atoms with Gasteiger partial charge < -0.3 is 9.32 Å². The van der Waals surface area contributed by atoms with Crippen LogP contribution in [0.25, 0.3) is 66.1 Å². The summed E-state index contributed by atoms with van der Waals surface area (Å²) in [6.07, 6.45) is 0. The van der Waals surface area contributed by atoms with Crippen LogP contribution >= 0.6 is 0 Å². The second-order valence-electron chi connectivity index (χ2n) is 16.1. The number of furan rings is 1. The van der Waals surface area contributed by atoms with E-state index in [0.29, 0.717) is 0 Å². The quantitative estimate of drug-likeness (QED) is 0.182. The Balaban J connectivity index is 1.18. The number of anilines is 3. The van der Waals surface area contributed by atoms with Gasteiger partial charge in [0.05, 0.1) is 11.4 Å². The summed E-state index contributed by atoms with van der Waals surface area (Å²) in [5.74, 6) is 0. The van der Waals surface area contributed by atoms with E-state index in [1.807, 2.05) is 6.07 Å². The highest BCUT2D eigenvalue weighted by Crippen LogP contribution is 2.58. The summed E-state index contributed by atoms with van der Waals surface area (Å²) in [5, 5.41) is 4.68. The summed E-state index contributed by atoms with van der Waals surface area (Å²) in [6.45, 7) is 9.45. The Hall–Kier alpha value is -6.38. The molecule has 11 rings (SSSR count). The van der Waals surface area contributed by atoms with E-state index in [1.165, 1.54) is 66.7 Å². The van der Waals surface area contributed by atoms with E-state index < -0.39 is 0 Å². The highest BCUT2D eigenvalue weighted by molar-refractivity contribution is 6.18. The van der Waals surface area contributed by atoms with E-state index in [1.54, 1.807) is 0 Å². The summed E-state index contributed by atoms with van der Waals surface area (Å²) in [6, 6.07) is 60.3. The number of fused-ring (bicyclic) bond motifs is 10. The lowest BCUT2D eigenvalue weighted by atomic mass is 9.82. The number of benzene rings is 8. The average Bonchev–Trinajstić information content (AvgIpc) is 3.77. The SMILES string of the molecule is CC1(C)c2ccccc2-c2c(N(c3ccc(-c4c5ccccc5cc5c4oc4ccccc45)cc3)c3cccc4c3-c3ccccc3C4(C)C)cccc21. The van der Waals surface area contributed by atoms with Crippen molar-refractivity contribution < 1.29 is 4.42 Å². The summed E-state index contributed by atoms with van der Waals surface area (Å²) in [4.78, 5) is 2.53. The summed E-state index contributed by atoms with van der Waals surface area (Å²) < 4.78 is 6.66. The number of hydrogen-bond donors (Lipinski definition) is 0. The zero-order chi connectivity index (χ0) is 36.3. The molecule has 1 aromatic heterocycles. The molecule has 9 aromatic rings. The van der Waals surface area contributed by atoms with Crippen molar-refractivity contribution in [2.24, 2.45) is 0 Å². The van der Waals surface area contributed by atoms with Gasteiger partial charge in [-0.15, -0.1) is 0 Å². The molecule has 2 aliphatic carbocycles. The number of rotatable bonds is 4. The molecule has 54 heavy (non-hydrogen) atoms. The van der Waals surface area contributed by atoms with Crippen LogP contribution in [0.1, 0.15) is 49.9 Å². The van der Waals surface area contributed by atoms with Gasteiger partial charge in [-0.2, -0.15) is 0 Å². The predicted molar refractivity (Wildman–Crippen MR) is 226 cm³/mol. The van der Waals surface area contributed by atoms with Crippen molar-refractivity contribution in [3.63, 3.8) is 0 Å². The Bertz CT molecular complexity index is 2890. The fourth-order valence-corrected chi connectivity index (χ4v) is 9.84. The maximum Gasteiger partial charge on any atom is 0.143 e. The summed E-state index contributed by atoms with van der Waals surface area (Å²) in [5.41, 5.74) is 18.1. The van der Waals surface area contributed by atoms with Gasteiger partial charge in [-0.05, 0) is 86.1 Å². The van der Waals surface area contributed by atoms with Crippen LogP contribution in [0.15, 0.2) is 168 Å². The van der Waals surface area contributed by atoms with Gasteiger partial charge in [0.15, 0.2) is 0 Å². The molecule has 2 aliphatic rings. The van der Waals surface area contributed by atoms with Gasteiger partial charge in [0, 0.05) is 44.0 Å². The third-order valence-electron chi connectivity index (χ3n) is 12.5. The van der Waals surface area contributed by atoms with Gasteiger partial charge in [0.2, 0.25) is 0 Å². The number of para-hydroxylation sites is 1. The first kappa shape index (κ1) is 31.2. The van der Waals surface area contributed by atoms with Crippen molar-refractivity contribution in [3.8, 4) is 33.4 Å². The van der Waals surface area contributed by atoms with E-state index in [2.05, 4.69) is 190 Å². The van der Waals surface area contributed by atoms with Crippen LogP contribution in [0.5, 0.6) is 0 Å². The Morgan fingerprint density at radius 2 is 0.944 bits per heavy atom. The van der Waals surface area contributed by atoms with Crippen molar-refractivity contribution in [1.82, 2.24) is 0 Å². The number of hydrogen-bond acceptors (Lipinski definition) is 2. The lowest BCUT2D eigenvalue weighted by Gasteiger charge is -2.31. The van der Waals surface area contributed by atoms with Gasteiger partial charge in [0.1, 0.15) is 11.2 Å². The van der Waals surface area contributed by atoms with Crippen LogP contribution < -0.4 is 4.90 Å². The molecule has 0 unspecified atom stereocenters. The first-order valence-corrected chi connectivity index (χ1v) is 19.0. The van der Waals surface area contributed by atoms with Crippen LogP contribution in [0, 0.1) is 0 Å². The first-order chi connectivity index (χ1) is 26.3. The third kappa shape index (κ3) is 4.17. The maximum absolute atomic E-state index is 6.66. The van der Waals surface area contributed by atoms with Gasteiger partial charge in [-0.1, -0.05) is 155 Å². The van der Waals surface area contributed by atoms with E-state index in [0.717, 1.165) is 38.8 Å². The van der Waals surface area contributed by atoms with Gasteiger partial charge >= 0.3 is 0 Å². The zero-order valence-corrected chi connectivity index (χ0v) is 30.9.